The summed E-state index contributed by atoms with van der Waals surface area (Å²) in [6.07, 6.45) is 0.502. The van der Waals surface area contributed by atoms with Gasteiger partial charge in [-0.2, -0.15) is 0 Å². The number of methoxy groups -OCH3 is 1. The Bertz CT molecular complexity index is 667. The summed E-state index contributed by atoms with van der Waals surface area (Å²) >= 11 is 0. The molecule has 3 amide bonds. The summed E-state index contributed by atoms with van der Waals surface area (Å²) in [5.74, 6) is -1.12. The fourth-order valence-electron chi connectivity index (χ4n) is 3.21. The minimum atomic E-state index is -1.04. The quantitative estimate of drug-likeness (QED) is 0.708. The number of carbonyl (C=O) groups is 3. The van der Waals surface area contributed by atoms with E-state index in [9.17, 15) is 19.5 Å². The van der Waals surface area contributed by atoms with Crippen LogP contribution in [0, 0.1) is 5.41 Å². The smallest absolute Gasteiger partial charge is 0.317 e. The summed E-state index contributed by atoms with van der Waals surface area (Å²) in [7, 11) is 3.15. The molecule has 1 aliphatic rings. The van der Waals surface area contributed by atoms with Gasteiger partial charge in [0.25, 0.3) is 0 Å². The molecule has 0 aromatic heterocycles. The van der Waals surface area contributed by atoms with Crippen LogP contribution in [-0.2, 0) is 20.9 Å². The van der Waals surface area contributed by atoms with Crippen molar-refractivity contribution in [3.05, 3.63) is 35.9 Å². The molecule has 148 valence electrons. The lowest BCUT2D eigenvalue weighted by atomic mass is 9.88. The molecule has 1 aliphatic heterocycles. The van der Waals surface area contributed by atoms with Crippen LogP contribution in [0.25, 0.3) is 0 Å². The maximum atomic E-state index is 12.3. The Morgan fingerprint density at radius 1 is 1.30 bits per heavy atom. The minimum absolute atomic E-state index is 0.0765. The number of carbonyl (C=O) groups excluding carboxylic acids is 2. The van der Waals surface area contributed by atoms with Gasteiger partial charge in [-0.25, -0.2) is 4.79 Å². The van der Waals surface area contributed by atoms with Crippen LogP contribution < -0.4 is 5.32 Å². The van der Waals surface area contributed by atoms with Gasteiger partial charge in [0.1, 0.15) is 5.41 Å². The Morgan fingerprint density at radius 2 is 2.00 bits per heavy atom. The standard InChI is InChI=1S/C19H27N3O5/c1-21(12-15-6-4-3-5-7-15)18(26)20-10-8-16(23)22-11-9-19(13-22,14-27-2)17(24)25/h3-7H,8-14H2,1-2H3,(H,20,26)(H,24,25). The van der Waals surface area contributed by atoms with E-state index in [1.54, 1.807) is 11.9 Å². The molecule has 1 aromatic rings. The van der Waals surface area contributed by atoms with Crippen LogP contribution in [0.15, 0.2) is 30.3 Å². The number of nitrogens with one attached hydrogen (secondary N) is 1. The Labute approximate surface area is 159 Å². The lowest BCUT2D eigenvalue weighted by Crippen LogP contribution is -2.41. The number of likely N-dealkylation sites (tertiary alicyclic amines) is 1. The molecule has 0 bridgehead atoms. The summed E-state index contributed by atoms with van der Waals surface area (Å²) in [4.78, 5) is 39.1. The highest BCUT2D eigenvalue weighted by Crippen LogP contribution is 2.31. The monoisotopic (exact) mass is 377 g/mol. The van der Waals surface area contributed by atoms with Gasteiger partial charge in [0.15, 0.2) is 0 Å². The first-order chi connectivity index (χ1) is 12.9. The number of urea groups is 1. The highest BCUT2D eigenvalue weighted by molar-refractivity contribution is 5.81. The van der Waals surface area contributed by atoms with E-state index in [0.29, 0.717) is 19.5 Å². The molecule has 1 saturated heterocycles. The normalized spacial score (nSPS) is 19.0. The molecule has 1 unspecified atom stereocenters. The summed E-state index contributed by atoms with van der Waals surface area (Å²) in [5, 5.41) is 12.2. The molecular weight excluding hydrogens is 350 g/mol. The van der Waals surface area contributed by atoms with E-state index in [1.807, 2.05) is 30.3 Å². The number of carboxylic acids is 1. The zero-order valence-corrected chi connectivity index (χ0v) is 15.8. The summed E-state index contributed by atoms with van der Waals surface area (Å²) in [5.41, 5.74) is -0.0183. The van der Waals surface area contributed by atoms with Gasteiger partial charge >= 0.3 is 12.0 Å². The number of amides is 3. The number of ether oxygens (including phenoxy) is 1. The second kappa shape index (κ2) is 9.36. The van der Waals surface area contributed by atoms with Crippen LogP contribution in [0.1, 0.15) is 18.4 Å². The van der Waals surface area contributed by atoms with Gasteiger partial charge in [-0.1, -0.05) is 30.3 Å². The van der Waals surface area contributed by atoms with E-state index in [2.05, 4.69) is 5.32 Å². The van der Waals surface area contributed by atoms with Crippen LogP contribution in [0.4, 0.5) is 4.79 Å². The molecule has 1 fully saturated rings. The minimum Gasteiger partial charge on any atom is -0.481 e. The van der Waals surface area contributed by atoms with Crippen molar-refractivity contribution in [2.24, 2.45) is 5.41 Å². The van der Waals surface area contributed by atoms with E-state index in [4.69, 9.17) is 4.74 Å². The molecular formula is C19H27N3O5. The summed E-state index contributed by atoms with van der Waals surface area (Å²) in [6, 6.07) is 9.37. The van der Waals surface area contributed by atoms with Crippen molar-refractivity contribution < 1.29 is 24.2 Å². The van der Waals surface area contributed by atoms with Crippen molar-refractivity contribution in [1.29, 1.82) is 0 Å². The second-order valence-electron chi connectivity index (χ2n) is 6.91. The molecule has 0 radical (unpaired) electrons. The van der Waals surface area contributed by atoms with Gasteiger partial charge < -0.3 is 25.0 Å². The fourth-order valence-corrected chi connectivity index (χ4v) is 3.21. The highest BCUT2D eigenvalue weighted by atomic mass is 16.5. The van der Waals surface area contributed by atoms with Gasteiger partial charge in [-0.05, 0) is 12.0 Å². The van der Waals surface area contributed by atoms with E-state index in [1.165, 1.54) is 12.0 Å². The number of nitrogens with zero attached hydrogens (tertiary/aromatic N) is 2. The third kappa shape index (κ3) is 5.43. The summed E-state index contributed by atoms with van der Waals surface area (Å²) < 4.78 is 5.02. The first-order valence-electron chi connectivity index (χ1n) is 8.91. The average molecular weight is 377 g/mol. The van der Waals surface area contributed by atoms with Crippen molar-refractivity contribution in [2.45, 2.75) is 19.4 Å². The fraction of sp³-hybridized carbons (Fsp3) is 0.526. The van der Waals surface area contributed by atoms with Gasteiger partial charge in [0.05, 0.1) is 6.61 Å². The molecule has 27 heavy (non-hydrogen) atoms. The van der Waals surface area contributed by atoms with E-state index in [-0.39, 0.29) is 38.1 Å². The Balaban J connectivity index is 1.76. The molecule has 1 atom stereocenters. The van der Waals surface area contributed by atoms with Crippen LogP contribution >= 0.6 is 0 Å². The number of hydrogen-bond donors (Lipinski definition) is 2. The number of aliphatic carboxylic acids is 1. The van der Waals surface area contributed by atoms with Gasteiger partial charge in [-0.3, -0.25) is 9.59 Å². The van der Waals surface area contributed by atoms with E-state index >= 15 is 0 Å². The molecule has 0 aliphatic carbocycles. The second-order valence-corrected chi connectivity index (χ2v) is 6.91. The van der Waals surface area contributed by atoms with Crippen LogP contribution in [0.2, 0.25) is 0 Å². The zero-order chi connectivity index (χ0) is 19.9. The predicted octanol–water partition coefficient (Wildman–Crippen LogP) is 1.17. The third-order valence-electron chi connectivity index (χ3n) is 4.81. The first kappa shape index (κ1) is 20.7. The molecule has 8 nitrogen and oxygen atoms in total. The van der Waals surface area contributed by atoms with Crippen molar-refractivity contribution in [1.82, 2.24) is 15.1 Å². The van der Waals surface area contributed by atoms with Crippen molar-refractivity contribution in [3.8, 4) is 0 Å². The zero-order valence-electron chi connectivity index (χ0n) is 15.8. The predicted molar refractivity (Wildman–Crippen MR) is 99.1 cm³/mol. The Hall–Kier alpha value is -2.61. The molecule has 1 heterocycles. The van der Waals surface area contributed by atoms with Gasteiger partial charge in [-0.15, -0.1) is 0 Å². The van der Waals surface area contributed by atoms with Gasteiger partial charge in [0, 0.05) is 46.8 Å². The molecule has 2 rings (SSSR count). The number of rotatable bonds is 8. The maximum Gasteiger partial charge on any atom is 0.317 e. The highest BCUT2D eigenvalue weighted by Gasteiger charge is 2.46. The van der Waals surface area contributed by atoms with Crippen LogP contribution in [-0.4, -0.2) is 73.2 Å². The topological polar surface area (TPSA) is 99.2 Å². The number of hydrogen-bond acceptors (Lipinski definition) is 4. The van der Waals surface area contributed by atoms with Crippen LogP contribution in [0.5, 0.6) is 0 Å². The van der Waals surface area contributed by atoms with E-state index in [0.717, 1.165) is 5.56 Å². The van der Waals surface area contributed by atoms with Crippen molar-refractivity contribution in [3.63, 3.8) is 0 Å². The number of benzene rings is 1. The maximum absolute atomic E-state index is 12.3. The Kier molecular flexibility index (Phi) is 7.18. The third-order valence-corrected chi connectivity index (χ3v) is 4.81. The van der Waals surface area contributed by atoms with Crippen LogP contribution in [0.3, 0.4) is 0 Å². The van der Waals surface area contributed by atoms with Gasteiger partial charge in [0.2, 0.25) is 5.91 Å². The lowest BCUT2D eigenvalue weighted by Gasteiger charge is -2.24. The molecule has 0 spiro atoms. The van der Waals surface area contributed by atoms with Crippen molar-refractivity contribution >= 4 is 17.9 Å². The van der Waals surface area contributed by atoms with E-state index < -0.39 is 11.4 Å². The Morgan fingerprint density at radius 3 is 2.63 bits per heavy atom. The SMILES string of the molecule is COCC1(C(=O)O)CCN(C(=O)CCNC(=O)N(C)Cc2ccccc2)C1. The summed E-state index contributed by atoms with van der Waals surface area (Å²) in [6.45, 7) is 1.28. The lowest BCUT2D eigenvalue weighted by molar-refractivity contribution is -0.151. The molecule has 8 heteroatoms. The molecule has 1 aromatic carbocycles. The number of carboxylic acid groups (broad SMARTS) is 1. The van der Waals surface area contributed by atoms with Crippen molar-refractivity contribution in [2.75, 3.05) is 40.4 Å². The average Bonchev–Trinajstić information content (AvgIpc) is 3.08. The first-order valence-corrected chi connectivity index (χ1v) is 8.91. The largest absolute Gasteiger partial charge is 0.481 e. The molecule has 0 saturated carbocycles. The molecule has 2 N–H and O–H groups in total.